The van der Waals surface area contributed by atoms with Gasteiger partial charge in [0.05, 0.1) is 0 Å². The van der Waals surface area contributed by atoms with Crippen molar-refractivity contribution < 1.29 is 4.42 Å². The minimum absolute atomic E-state index is 0.0435. The molecule has 0 spiro atoms. The fourth-order valence-corrected chi connectivity index (χ4v) is 1.77. The molecule has 4 nitrogen and oxygen atoms in total. The van der Waals surface area contributed by atoms with Crippen molar-refractivity contribution in [2.24, 2.45) is 0 Å². The van der Waals surface area contributed by atoms with Gasteiger partial charge in [0.1, 0.15) is 0 Å². The Morgan fingerprint density at radius 2 is 1.87 bits per heavy atom. The molecule has 1 saturated heterocycles. The molecule has 84 valence electrons. The molecule has 0 unspecified atom stereocenters. The van der Waals surface area contributed by atoms with Gasteiger partial charge < -0.3 is 9.73 Å². The molecular weight excluding hydrogens is 190 g/mol. The number of hydrogen-bond acceptors (Lipinski definition) is 4. The summed E-state index contributed by atoms with van der Waals surface area (Å²) in [6.07, 6.45) is 2.21. The van der Waals surface area contributed by atoms with Crippen molar-refractivity contribution in [3.05, 3.63) is 11.8 Å². The van der Waals surface area contributed by atoms with Crippen LogP contribution in [-0.2, 0) is 5.41 Å². The third kappa shape index (κ3) is 2.37. The molecule has 1 aliphatic rings. The zero-order valence-corrected chi connectivity index (χ0v) is 9.71. The highest BCUT2D eigenvalue weighted by Crippen LogP contribution is 2.27. The highest BCUT2D eigenvalue weighted by Gasteiger charge is 2.25. The average molecular weight is 209 g/mol. The molecule has 0 atom stereocenters. The lowest BCUT2D eigenvalue weighted by atomic mass is 9.97. The molecule has 0 saturated carbocycles. The highest BCUT2D eigenvalue weighted by molar-refractivity contribution is 5.00. The Kier molecular flexibility index (Phi) is 2.78. The van der Waals surface area contributed by atoms with Gasteiger partial charge in [-0.25, -0.2) is 0 Å². The summed E-state index contributed by atoms with van der Waals surface area (Å²) in [6.45, 7) is 8.38. The predicted octanol–water partition coefficient (Wildman–Crippen LogP) is 1.83. The fraction of sp³-hybridized carbons (Fsp3) is 0.818. The maximum Gasteiger partial charge on any atom is 0.221 e. The second-order valence-electron chi connectivity index (χ2n) is 5.22. The molecule has 0 aromatic carbocycles. The van der Waals surface area contributed by atoms with E-state index >= 15 is 0 Å². The molecule has 0 amide bonds. The maximum absolute atomic E-state index is 5.74. The van der Waals surface area contributed by atoms with Crippen LogP contribution in [0.15, 0.2) is 4.42 Å². The predicted molar refractivity (Wildman–Crippen MR) is 57.8 cm³/mol. The monoisotopic (exact) mass is 209 g/mol. The van der Waals surface area contributed by atoms with E-state index in [2.05, 4.69) is 36.3 Å². The van der Waals surface area contributed by atoms with Crippen LogP contribution in [0.4, 0.5) is 0 Å². The van der Waals surface area contributed by atoms with Gasteiger partial charge in [0.25, 0.3) is 0 Å². The normalized spacial score (nSPS) is 19.4. The van der Waals surface area contributed by atoms with Crippen LogP contribution in [0, 0.1) is 0 Å². The van der Waals surface area contributed by atoms with Gasteiger partial charge in [-0.05, 0) is 25.9 Å². The lowest BCUT2D eigenvalue weighted by Crippen LogP contribution is -2.26. The van der Waals surface area contributed by atoms with Gasteiger partial charge in [-0.1, -0.05) is 20.8 Å². The van der Waals surface area contributed by atoms with E-state index in [1.807, 2.05) is 0 Å². The van der Waals surface area contributed by atoms with Gasteiger partial charge in [-0.3, -0.25) is 0 Å². The Bertz CT molecular complexity index is 321. The molecule has 1 N–H and O–H groups in total. The summed E-state index contributed by atoms with van der Waals surface area (Å²) < 4.78 is 5.74. The number of rotatable bonds is 1. The third-order valence-electron chi connectivity index (χ3n) is 2.77. The molecule has 2 rings (SSSR count). The topological polar surface area (TPSA) is 51.0 Å². The summed E-state index contributed by atoms with van der Waals surface area (Å²) in [7, 11) is 0. The van der Waals surface area contributed by atoms with Gasteiger partial charge >= 0.3 is 0 Å². The zero-order chi connectivity index (χ0) is 10.9. The molecule has 0 bridgehead atoms. The van der Waals surface area contributed by atoms with Crippen LogP contribution in [0.2, 0.25) is 0 Å². The molecule has 15 heavy (non-hydrogen) atoms. The molecule has 0 aliphatic carbocycles. The van der Waals surface area contributed by atoms with Crippen LogP contribution >= 0.6 is 0 Å². The molecule has 4 heteroatoms. The Morgan fingerprint density at radius 1 is 1.20 bits per heavy atom. The Balaban J connectivity index is 2.12. The molecule has 1 aliphatic heterocycles. The Labute approximate surface area is 90.5 Å². The van der Waals surface area contributed by atoms with E-state index in [-0.39, 0.29) is 5.41 Å². The molecule has 2 heterocycles. The second kappa shape index (κ2) is 3.93. The second-order valence-corrected chi connectivity index (χ2v) is 5.22. The van der Waals surface area contributed by atoms with E-state index < -0.39 is 0 Å². The van der Waals surface area contributed by atoms with Gasteiger partial charge in [-0.2, -0.15) is 0 Å². The number of hydrogen-bond donors (Lipinski definition) is 1. The van der Waals surface area contributed by atoms with Crippen molar-refractivity contribution in [1.29, 1.82) is 0 Å². The van der Waals surface area contributed by atoms with Gasteiger partial charge in [-0.15, -0.1) is 10.2 Å². The van der Waals surface area contributed by atoms with E-state index in [4.69, 9.17) is 4.42 Å². The molecular formula is C11H19N3O. The van der Waals surface area contributed by atoms with Crippen molar-refractivity contribution >= 4 is 0 Å². The first-order valence-corrected chi connectivity index (χ1v) is 5.62. The van der Waals surface area contributed by atoms with E-state index in [0.717, 1.165) is 37.7 Å². The van der Waals surface area contributed by atoms with Crippen molar-refractivity contribution in [1.82, 2.24) is 15.5 Å². The van der Waals surface area contributed by atoms with Crippen molar-refractivity contribution in [3.8, 4) is 0 Å². The lowest BCUT2D eigenvalue weighted by molar-refractivity contribution is 0.329. The van der Waals surface area contributed by atoms with Crippen LogP contribution in [-0.4, -0.2) is 23.3 Å². The first-order valence-electron chi connectivity index (χ1n) is 5.62. The van der Waals surface area contributed by atoms with Crippen LogP contribution < -0.4 is 5.32 Å². The van der Waals surface area contributed by atoms with E-state index in [1.165, 1.54) is 0 Å². The number of aromatic nitrogens is 2. The minimum Gasteiger partial charge on any atom is -0.424 e. The van der Waals surface area contributed by atoms with Crippen molar-refractivity contribution in [2.45, 2.75) is 44.9 Å². The summed E-state index contributed by atoms with van der Waals surface area (Å²) in [5.74, 6) is 2.02. The van der Waals surface area contributed by atoms with E-state index in [1.54, 1.807) is 0 Å². The Hall–Kier alpha value is -0.900. The molecule has 1 aromatic heterocycles. The average Bonchev–Trinajstić information content (AvgIpc) is 2.67. The van der Waals surface area contributed by atoms with E-state index in [9.17, 15) is 0 Å². The van der Waals surface area contributed by atoms with E-state index in [0.29, 0.717) is 5.92 Å². The van der Waals surface area contributed by atoms with Crippen LogP contribution in [0.25, 0.3) is 0 Å². The minimum atomic E-state index is -0.0435. The molecule has 0 radical (unpaired) electrons. The van der Waals surface area contributed by atoms with Crippen molar-refractivity contribution in [3.63, 3.8) is 0 Å². The first kappa shape index (κ1) is 10.6. The summed E-state index contributed by atoms with van der Waals surface area (Å²) in [4.78, 5) is 0. The smallest absolute Gasteiger partial charge is 0.221 e. The van der Waals surface area contributed by atoms with Crippen LogP contribution in [0.5, 0.6) is 0 Å². The summed E-state index contributed by atoms with van der Waals surface area (Å²) in [5, 5.41) is 11.6. The summed E-state index contributed by atoms with van der Waals surface area (Å²) in [5.41, 5.74) is -0.0435. The van der Waals surface area contributed by atoms with Gasteiger partial charge in [0.15, 0.2) is 0 Å². The number of nitrogens with zero attached hydrogens (tertiary/aromatic N) is 2. The van der Waals surface area contributed by atoms with Gasteiger partial charge in [0.2, 0.25) is 11.8 Å². The SMILES string of the molecule is CC(C)(C)c1nnc(C2CCNCC2)o1. The summed E-state index contributed by atoms with van der Waals surface area (Å²) in [6, 6.07) is 0. The molecule has 1 fully saturated rings. The highest BCUT2D eigenvalue weighted by atomic mass is 16.4. The fourth-order valence-electron chi connectivity index (χ4n) is 1.77. The zero-order valence-electron chi connectivity index (χ0n) is 9.71. The first-order chi connectivity index (χ1) is 7.07. The van der Waals surface area contributed by atoms with Crippen LogP contribution in [0.3, 0.4) is 0 Å². The van der Waals surface area contributed by atoms with Crippen LogP contribution in [0.1, 0.15) is 51.3 Å². The third-order valence-corrected chi connectivity index (χ3v) is 2.77. The standard InChI is InChI=1S/C11H19N3O/c1-11(2,3)10-14-13-9(15-10)8-4-6-12-7-5-8/h8,12H,4-7H2,1-3H3. The largest absolute Gasteiger partial charge is 0.424 e. The Morgan fingerprint density at radius 3 is 2.40 bits per heavy atom. The maximum atomic E-state index is 5.74. The number of piperidine rings is 1. The quantitative estimate of drug-likeness (QED) is 0.766. The lowest BCUT2D eigenvalue weighted by Gasteiger charge is -2.19. The molecule has 1 aromatic rings. The summed E-state index contributed by atoms with van der Waals surface area (Å²) >= 11 is 0. The van der Waals surface area contributed by atoms with Gasteiger partial charge in [0, 0.05) is 11.3 Å². The van der Waals surface area contributed by atoms with Crippen molar-refractivity contribution in [2.75, 3.05) is 13.1 Å². The number of nitrogens with one attached hydrogen (secondary N) is 1.